The van der Waals surface area contributed by atoms with E-state index in [2.05, 4.69) is 9.97 Å². The Morgan fingerprint density at radius 3 is 2.67 bits per heavy atom. The summed E-state index contributed by atoms with van der Waals surface area (Å²) in [6.07, 6.45) is 3.15. The number of pyridine rings is 2. The zero-order valence-corrected chi connectivity index (χ0v) is 9.17. The van der Waals surface area contributed by atoms with Gasteiger partial charge in [-0.05, 0) is 19.9 Å². The fourth-order valence-corrected chi connectivity index (χ4v) is 1.69. The van der Waals surface area contributed by atoms with Gasteiger partial charge in [0.1, 0.15) is 5.15 Å². The first-order valence-corrected chi connectivity index (χ1v) is 4.89. The van der Waals surface area contributed by atoms with Gasteiger partial charge in [0.15, 0.2) is 5.78 Å². The SMILES string of the molecule is CC(=O)c1cnc(Cl)c2cnc(C)cc12. The molecule has 2 rings (SSSR count). The van der Waals surface area contributed by atoms with Crippen LogP contribution in [0.4, 0.5) is 0 Å². The number of hydrogen-bond donors (Lipinski definition) is 0. The summed E-state index contributed by atoms with van der Waals surface area (Å²) in [7, 11) is 0. The van der Waals surface area contributed by atoms with Crippen LogP contribution in [0.15, 0.2) is 18.5 Å². The van der Waals surface area contributed by atoms with Gasteiger partial charge >= 0.3 is 0 Å². The number of fused-ring (bicyclic) bond motifs is 1. The summed E-state index contributed by atoms with van der Waals surface area (Å²) in [5, 5.41) is 1.91. The maximum Gasteiger partial charge on any atom is 0.161 e. The maximum absolute atomic E-state index is 11.4. The van der Waals surface area contributed by atoms with Crippen molar-refractivity contribution in [1.82, 2.24) is 9.97 Å². The minimum atomic E-state index is -0.0187. The van der Waals surface area contributed by atoms with Crippen molar-refractivity contribution in [1.29, 1.82) is 0 Å². The Labute approximate surface area is 92.1 Å². The minimum absolute atomic E-state index is 0.0187. The largest absolute Gasteiger partial charge is 0.294 e. The average Bonchev–Trinajstić information content (AvgIpc) is 2.17. The molecule has 2 aromatic rings. The van der Waals surface area contributed by atoms with Gasteiger partial charge < -0.3 is 0 Å². The monoisotopic (exact) mass is 220 g/mol. The normalized spacial score (nSPS) is 10.6. The van der Waals surface area contributed by atoms with Crippen molar-refractivity contribution < 1.29 is 4.79 Å². The number of carbonyl (C=O) groups is 1. The van der Waals surface area contributed by atoms with E-state index in [0.717, 1.165) is 16.5 Å². The van der Waals surface area contributed by atoms with E-state index in [0.29, 0.717) is 10.7 Å². The van der Waals surface area contributed by atoms with Gasteiger partial charge in [-0.2, -0.15) is 0 Å². The van der Waals surface area contributed by atoms with Gasteiger partial charge in [-0.1, -0.05) is 11.6 Å². The van der Waals surface area contributed by atoms with E-state index >= 15 is 0 Å². The summed E-state index contributed by atoms with van der Waals surface area (Å²) in [5.41, 5.74) is 1.44. The third kappa shape index (κ3) is 1.70. The molecule has 0 saturated heterocycles. The van der Waals surface area contributed by atoms with Gasteiger partial charge in [-0.15, -0.1) is 0 Å². The first-order valence-electron chi connectivity index (χ1n) is 4.51. The lowest BCUT2D eigenvalue weighted by molar-refractivity contribution is 0.101. The summed E-state index contributed by atoms with van der Waals surface area (Å²) >= 11 is 5.92. The lowest BCUT2D eigenvalue weighted by Crippen LogP contribution is -1.97. The van der Waals surface area contributed by atoms with E-state index in [4.69, 9.17) is 11.6 Å². The molecule has 76 valence electrons. The van der Waals surface area contributed by atoms with E-state index in [9.17, 15) is 4.79 Å². The van der Waals surface area contributed by atoms with Crippen LogP contribution in [0, 0.1) is 6.92 Å². The Morgan fingerprint density at radius 1 is 1.27 bits per heavy atom. The molecule has 2 heterocycles. The average molecular weight is 221 g/mol. The standard InChI is InChI=1S/C11H9ClN2O/c1-6-3-8-9(7(2)15)4-14-11(12)10(8)5-13-6/h3-5H,1-2H3. The molecule has 0 aliphatic rings. The van der Waals surface area contributed by atoms with Crippen LogP contribution < -0.4 is 0 Å². The van der Waals surface area contributed by atoms with E-state index in [1.165, 1.54) is 13.1 Å². The molecule has 2 aromatic heterocycles. The van der Waals surface area contributed by atoms with Crippen LogP contribution in [-0.4, -0.2) is 15.8 Å². The number of rotatable bonds is 1. The van der Waals surface area contributed by atoms with Crippen LogP contribution in [0.1, 0.15) is 23.0 Å². The molecule has 3 nitrogen and oxygen atoms in total. The lowest BCUT2D eigenvalue weighted by Gasteiger charge is -2.04. The van der Waals surface area contributed by atoms with Gasteiger partial charge in [0.05, 0.1) is 0 Å². The zero-order chi connectivity index (χ0) is 11.0. The maximum atomic E-state index is 11.4. The third-order valence-corrected chi connectivity index (χ3v) is 2.54. The van der Waals surface area contributed by atoms with E-state index in [1.807, 2.05) is 13.0 Å². The molecule has 0 radical (unpaired) electrons. The summed E-state index contributed by atoms with van der Waals surface area (Å²) < 4.78 is 0. The van der Waals surface area contributed by atoms with Crippen molar-refractivity contribution in [2.75, 3.05) is 0 Å². The summed E-state index contributed by atoms with van der Waals surface area (Å²) in [5.74, 6) is -0.0187. The first kappa shape index (κ1) is 10.1. The molecule has 0 bridgehead atoms. The first-order chi connectivity index (χ1) is 7.09. The highest BCUT2D eigenvalue weighted by Crippen LogP contribution is 2.24. The molecular weight excluding hydrogens is 212 g/mol. The molecule has 4 heteroatoms. The highest BCUT2D eigenvalue weighted by Gasteiger charge is 2.09. The molecule has 0 N–H and O–H groups in total. The Hall–Kier alpha value is -1.48. The molecule has 0 fully saturated rings. The Bertz CT molecular complexity index is 552. The van der Waals surface area contributed by atoms with Crippen molar-refractivity contribution in [3.05, 3.63) is 34.9 Å². The molecule has 0 aromatic carbocycles. The van der Waals surface area contributed by atoms with Crippen LogP contribution in [-0.2, 0) is 0 Å². The second-order valence-corrected chi connectivity index (χ2v) is 3.75. The number of Topliss-reactive ketones (excluding diaryl/α,β-unsaturated/α-hetero) is 1. The predicted molar refractivity (Wildman–Crippen MR) is 59.3 cm³/mol. The van der Waals surface area contributed by atoms with E-state index < -0.39 is 0 Å². The van der Waals surface area contributed by atoms with Crippen molar-refractivity contribution in [3.63, 3.8) is 0 Å². The Kier molecular flexibility index (Phi) is 2.40. The summed E-state index contributed by atoms with van der Waals surface area (Å²) in [6, 6.07) is 1.85. The van der Waals surface area contributed by atoms with Gasteiger partial charge in [-0.25, -0.2) is 4.98 Å². The topological polar surface area (TPSA) is 42.9 Å². The molecule has 0 aliphatic carbocycles. The lowest BCUT2D eigenvalue weighted by atomic mass is 10.1. The molecule has 0 aliphatic heterocycles. The smallest absolute Gasteiger partial charge is 0.161 e. The van der Waals surface area contributed by atoms with Crippen LogP contribution >= 0.6 is 11.6 Å². The number of hydrogen-bond acceptors (Lipinski definition) is 3. The molecular formula is C11H9ClN2O. The van der Waals surface area contributed by atoms with Crippen molar-refractivity contribution >= 4 is 28.2 Å². The van der Waals surface area contributed by atoms with Crippen molar-refractivity contribution in [3.8, 4) is 0 Å². The number of ketones is 1. The fourth-order valence-electron chi connectivity index (χ4n) is 1.49. The predicted octanol–water partition coefficient (Wildman–Crippen LogP) is 2.79. The Balaban J connectivity index is 2.90. The number of halogens is 1. The second kappa shape index (κ2) is 3.59. The van der Waals surface area contributed by atoms with Crippen molar-refractivity contribution in [2.24, 2.45) is 0 Å². The Morgan fingerprint density at radius 2 is 2.00 bits per heavy atom. The molecule has 0 atom stereocenters. The van der Waals surface area contributed by atoms with Crippen molar-refractivity contribution in [2.45, 2.75) is 13.8 Å². The number of aryl methyl sites for hydroxylation is 1. The quantitative estimate of drug-likeness (QED) is 0.548. The number of aromatic nitrogens is 2. The van der Waals surface area contributed by atoms with Crippen LogP contribution in [0.2, 0.25) is 5.15 Å². The van der Waals surface area contributed by atoms with Crippen LogP contribution in [0.3, 0.4) is 0 Å². The highest BCUT2D eigenvalue weighted by atomic mass is 35.5. The fraction of sp³-hybridized carbons (Fsp3) is 0.182. The molecule has 0 amide bonds. The molecule has 0 saturated carbocycles. The van der Waals surface area contributed by atoms with Crippen LogP contribution in [0.25, 0.3) is 10.8 Å². The molecule has 0 unspecified atom stereocenters. The van der Waals surface area contributed by atoms with Gasteiger partial charge in [0.2, 0.25) is 0 Å². The zero-order valence-electron chi connectivity index (χ0n) is 8.41. The summed E-state index contributed by atoms with van der Waals surface area (Å²) in [4.78, 5) is 19.5. The molecule has 0 spiro atoms. The second-order valence-electron chi connectivity index (χ2n) is 3.39. The molecule has 15 heavy (non-hydrogen) atoms. The van der Waals surface area contributed by atoms with E-state index in [1.54, 1.807) is 6.20 Å². The highest BCUT2D eigenvalue weighted by molar-refractivity contribution is 6.34. The van der Waals surface area contributed by atoms with Gasteiger partial charge in [0.25, 0.3) is 0 Å². The van der Waals surface area contributed by atoms with Gasteiger partial charge in [0, 0.05) is 34.4 Å². The summed E-state index contributed by atoms with van der Waals surface area (Å²) in [6.45, 7) is 3.39. The van der Waals surface area contributed by atoms with Crippen LogP contribution in [0.5, 0.6) is 0 Å². The number of nitrogens with zero attached hydrogens (tertiary/aromatic N) is 2. The van der Waals surface area contributed by atoms with Gasteiger partial charge in [-0.3, -0.25) is 9.78 Å². The third-order valence-electron chi connectivity index (χ3n) is 2.24. The van der Waals surface area contributed by atoms with E-state index in [-0.39, 0.29) is 5.78 Å². The minimum Gasteiger partial charge on any atom is -0.294 e. The number of carbonyl (C=O) groups excluding carboxylic acids is 1.